The summed E-state index contributed by atoms with van der Waals surface area (Å²) < 4.78 is 0. The van der Waals surface area contributed by atoms with E-state index in [1.807, 2.05) is 38.1 Å². The molecule has 0 aromatic heterocycles. The van der Waals surface area contributed by atoms with E-state index in [0.29, 0.717) is 0 Å². The third-order valence-corrected chi connectivity index (χ3v) is 3.94. The van der Waals surface area contributed by atoms with Gasteiger partial charge in [-0.15, -0.1) is 0 Å². The Balaban J connectivity index is 2.15. The topological polar surface area (TPSA) is 60.9 Å². The van der Waals surface area contributed by atoms with Crippen LogP contribution in [-0.4, -0.2) is 36.6 Å². The van der Waals surface area contributed by atoms with Crippen molar-refractivity contribution in [3.05, 3.63) is 24.3 Å². The molecule has 1 amide bonds. The molecule has 1 heterocycles. The lowest BCUT2D eigenvalue weighted by Gasteiger charge is -2.25. The fourth-order valence-electron chi connectivity index (χ4n) is 2.70. The molecule has 0 spiro atoms. The van der Waals surface area contributed by atoms with Crippen molar-refractivity contribution in [2.24, 2.45) is 5.92 Å². The highest BCUT2D eigenvalue weighted by Gasteiger charge is 2.20. The van der Waals surface area contributed by atoms with E-state index in [1.165, 1.54) is 12.8 Å². The van der Waals surface area contributed by atoms with E-state index in [0.717, 1.165) is 24.5 Å². The van der Waals surface area contributed by atoms with Gasteiger partial charge in [0.15, 0.2) is 0 Å². The second-order valence-electron chi connectivity index (χ2n) is 6.00. The standard InChI is InChI=1S/C17H24N2O3/c1-13(2)17(22)19(12-9-16(20)21)15-7-5-14(6-8-15)18-10-3-4-11-18/h5-8,13H,3-4,9-12H2,1-2H3,(H,20,21). The molecule has 0 bridgehead atoms. The number of benzene rings is 1. The molecule has 1 N–H and O–H groups in total. The van der Waals surface area contributed by atoms with Crippen LogP contribution >= 0.6 is 0 Å². The predicted octanol–water partition coefficient (Wildman–Crippen LogP) is 2.75. The van der Waals surface area contributed by atoms with E-state index in [4.69, 9.17) is 5.11 Å². The van der Waals surface area contributed by atoms with Gasteiger partial charge in [-0.25, -0.2) is 0 Å². The number of hydrogen-bond donors (Lipinski definition) is 1. The van der Waals surface area contributed by atoms with Crippen LogP contribution in [0.1, 0.15) is 33.1 Å². The minimum absolute atomic E-state index is 0.0461. The largest absolute Gasteiger partial charge is 0.481 e. The third-order valence-electron chi connectivity index (χ3n) is 3.94. The summed E-state index contributed by atoms with van der Waals surface area (Å²) in [5.74, 6) is -1.10. The SMILES string of the molecule is CC(C)C(=O)N(CCC(=O)O)c1ccc(N2CCCC2)cc1. The highest BCUT2D eigenvalue weighted by Crippen LogP contribution is 2.25. The average Bonchev–Trinajstić information content (AvgIpc) is 3.01. The molecule has 2 rings (SSSR count). The third kappa shape index (κ3) is 4.00. The molecule has 0 aliphatic carbocycles. The Labute approximate surface area is 131 Å². The van der Waals surface area contributed by atoms with Crippen LogP contribution in [0.25, 0.3) is 0 Å². The monoisotopic (exact) mass is 304 g/mol. The lowest BCUT2D eigenvalue weighted by molar-refractivity contribution is -0.136. The van der Waals surface area contributed by atoms with Crippen LogP contribution in [0.3, 0.4) is 0 Å². The fourth-order valence-corrected chi connectivity index (χ4v) is 2.70. The second kappa shape index (κ2) is 7.29. The molecule has 5 heteroatoms. The average molecular weight is 304 g/mol. The minimum Gasteiger partial charge on any atom is -0.481 e. The Morgan fingerprint density at radius 1 is 1.18 bits per heavy atom. The van der Waals surface area contributed by atoms with E-state index in [2.05, 4.69) is 4.90 Å². The van der Waals surface area contributed by atoms with E-state index in [9.17, 15) is 9.59 Å². The number of hydrogen-bond acceptors (Lipinski definition) is 3. The van der Waals surface area contributed by atoms with Crippen molar-refractivity contribution >= 4 is 23.3 Å². The zero-order valence-corrected chi connectivity index (χ0v) is 13.3. The van der Waals surface area contributed by atoms with Gasteiger partial charge in [0, 0.05) is 36.9 Å². The number of anilines is 2. The van der Waals surface area contributed by atoms with Gasteiger partial charge in [-0.3, -0.25) is 9.59 Å². The molecule has 1 fully saturated rings. The first-order chi connectivity index (χ1) is 10.5. The Hall–Kier alpha value is -2.04. The molecule has 0 atom stereocenters. The molecule has 1 aliphatic rings. The fraction of sp³-hybridized carbons (Fsp3) is 0.529. The summed E-state index contributed by atoms with van der Waals surface area (Å²) >= 11 is 0. The van der Waals surface area contributed by atoms with Gasteiger partial charge < -0.3 is 14.9 Å². The highest BCUT2D eigenvalue weighted by atomic mass is 16.4. The van der Waals surface area contributed by atoms with Crippen molar-refractivity contribution in [3.8, 4) is 0 Å². The van der Waals surface area contributed by atoms with Crippen molar-refractivity contribution in [1.82, 2.24) is 0 Å². The summed E-state index contributed by atoms with van der Waals surface area (Å²) in [4.78, 5) is 27.0. The Morgan fingerprint density at radius 2 is 1.77 bits per heavy atom. The van der Waals surface area contributed by atoms with E-state index >= 15 is 0 Å². The van der Waals surface area contributed by atoms with Gasteiger partial charge in [0.2, 0.25) is 5.91 Å². The van der Waals surface area contributed by atoms with Gasteiger partial charge in [-0.2, -0.15) is 0 Å². The van der Waals surface area contributed by atoms with Crippen LogP contribution in [0, 0.1) is 5.92 Å². The maximum absolute atomic E-state index is 12.3. The summed E-state index contributed by atoms with van der Waals surface area (Å²) in [7, 11) is 0. The molecule has 0 saturated carbocycles. The Kier molecular flexibility index (Phi) is 5.41. The van der Waals surface area contributed by atoms with Crippen LogP contribution in [0.2, 0.25) is 0 Å². The number of carbonyl (C=O) groups is 2. The van der Waals surface area contributed by atoms with Crippen molar-refractivity contribution in [3.63, 3.8) is 0 Å². The molecule has 22 heavy (non-hydrogen) atoms. The number of carboxylic acids is 1. The molecule has 0 radical (unpaired) electrons. The zero-order valence-electron chi connectivity index (χ0n) is 13.3. The van der Waals surface area contributed by atoms with Crippen LogP contribution < -0.4 is 9.80 Å². The molecular weight excluding hydrogens is 280 g/mol. The summed E-state index contributed by atoms with van der Waals surface area (Å²) in [6.07, 6.45) is 2.39. The molecule has 0 unspecified atom stereocenters. The quantitative estimate of drug-likeness (QED) is 0.878. The van der Waals surface area contributed by atoms with Crippen molar-refractivity contribution in [2.45, 2.75) is 33.1 Å². The van der Waals surface area contributed by atoms with Gasteiger partial charge in [0.25, 0.3) is 0 Å². The van der Waals surface area contributed by atoms with Crippen LogP contribution in [0.5, 0.6) is 0 Å². The van der Waals surface area contributed by atoms with Gasteiger partial charge in [0.1, 0.15) is 0 Å². The maximum Gasteiger partial charge on any atom is 0.305 e. The number of amides is 1. The van der Waals surface area contributed by atoms with E-state index < -0.39 is 5.97 Å². The minimum atomic E-state index is -0.893. The number of carbonyl (C=O) groups excluding carboxylic acids is 1. The van der Waals surface area contributed by atoms with Gasteiger partial charge >= 0.3 is 5.97 Å². The normalized spacial score (nSPS) is 14.4. The first-order valence-corrected chi connectivity index (χ1v) is 7.87. The number of carboxylic acid groups (broad SMARTS) is 1. The van der Waals surface area contributed by atoms with Gasteiger partial charge in [-0.1, -0.05) is 13.8 Å². The van der Waals surface area contributed by atoms with Crippen LogP contribution in [0.15, 0.2) is 24.3 Å². The molecular formula is C17H24N2O3. The molecule has 1 aliphatic heterocycles. The summed E-state index contributed by atoms with van der Waals surface area (Å²) in [5.41, 5.74) is 1.93. The lowest BCUT2D eigenvalue weighted by atomic mass is 10.1. The Morgan fingerprint density at radius 3 is 2.27 bits per heavy atom. The lowest BCUT2D eigenvalue weighted by Crippen LogP contribution is -2.36. The molecule has 5 nitrogen and oxygen atoms in total. The van der Waals surface area contributed by atoms with Gasteiger partial charge in [0.05, 0.1) is 6.42 Å². The van der Waals surface area contributed by atoms with Crippen LogP contribution in [-0.2, 0) is 9.59 Å². The second-order valence-corrected chi connectivity index (χ2v) is 6.00. The molecule has 1 aromatic carbocycles. The number of rotatable bonds is 6. The van der Waals surface area contributed by atoms with Gasteiger partial charge in [-0.05, 0) is 37.1 Å². The molecule has 1 aromatic rings. The predicted molar refractivity (Wildman–Crippen MR) is 87.3 cm³/mol. The summed E-state index contributed by atoms with van der Waals surface area (Å²) in [6.45, 7) is 6.01. The van der Waals surface area contributed by atoms with E-state index in [-0.39, 0.29) is 24.8 Å². The van der Waals surface area contributed by atoms with Crippen molar-refractivity contribution in [1.29, 1.82) is 0 Å². The van der Waals surface area contributed by atoms with Crippen molar-refractivity contribution < 1.29 is 14.7 Å². The van der Waals surface area contributed by atoms with E-state index in [1.54, 1.807) is 4.90 Å². The summed E-state index contributed by atoms with van der Waals surface area (Å²) in [6, 6.07) is 7.86. The van der Waals surface area contributed by atoms with Crippen LogP contribution in [0.4, 0.5) is 11.4 Å². The smallest absolute Gasteiger partial charge is 0.305 e. The zero-order chi connectivity index (χ0) is 16.1. The van der Waals surface area contributed by atoms with Crippen molar-refractivity contribution in [2.75, 3.05) is 29.4 Å². The maximum atomic E-state index is 12.3. The first-order valence-electron chi connectivity index (χ1n) is 7.87. The molecule has 1 saturated heterocycles. The number of aliphatic carboxylic acids is 1. The number of nitrogens with zero attached hydrogens (tertiary/aromatic N) is 2. The summed E-state index contributed by atoms with van der Waals surface area (Å²) in [5, 5.41) is 8.87. The Bertz CT molecular complexity index is 519. The molecule has 120 valence electrons. The first kappa shape index (κ1) is 16.3. The highest BCUT2D eigenvalue weighted by molar-refractivity contribution is 5.95.